The third kappa shape index (κ3) is 6.49. The highest BCUT2D eigenvalue weighted by atomic mass is 32.2. The minimum absolute atomic E-state index is 0.0679. The van der Waals surface area contributed by atoms with Crippen LogP contribution >= 0.6 is 0 Å². The van der Waals surface area contributed by atoms with Crippen molar-refractivity contribution in [3.63, 3.8) is 0 Å². The number of nitrogens with one attached hydrogen (secondary N) is 2. The number of alkyl halides is 3. The molecule has 2 fully saturated rings. The Hall–Kier alpha value is -1.07. The predicted octanol–water partition coefficient (Wildman–Crippen LogP) is 1.67. The number of nitrogens with zero attached hydrogens (tertiary/aromatic N) is 2. The van der Waals surface area contributed by atoms with Crippen LogP contribution in [0.4, 0.5) is 13.2 Å². The molecule has 2 aliphatic rings. The van der Waals surface area contributed by atoms with Crippen LogP contribution in [0, 0.1) is 5.92 Å². The zero-order chi connectivity index (χ0) is 19.9. The van der Waals surface area contributed by atoms with Crippen LogP contribution in [0.3, 0.4) is 0 Å². The molecular weight excluding hydrogens is 385 g/mol. The average molecular weight is 414 g/mol. The number of aliphatic imine (C=N–C) groups is 1. The van der Waals surface area contributed by atoms with E-state index in [1.807, 2.05) is 6.92 Å². The first-order valence-corrected chi connectivity index (χ1v) is 10.9. The number of hydrogen-bond donors (Lipinski definition) is 2. The molecular formula is C16H29F3N4O3S. The molecule has 0 spiro atoms. The van der Waals surface area contributed by atoms with Gasteiger partial charge in [0.1, 0.15) is 0 Å². The molecule has 0 aromatic rings. The van der Waals surface area contributed by atoms with Gasteiger partial charge in [-0.3, -0.25) is 4.99 Å². The first-order valence-electron chi connectivity index (χ1n) is 9.44. The van der Waals surface area contributed by atoms with Gasteiger partial charge in [-0.15, -0.1) is 0 Å². The van der Waals surface area contributed by atoms with Crippen molar-refractivity contribution in [1.29, 1.82) is 0 Å². The maximum Gasteiger partial charge on any atom is 0.511 e. The summed E-state index contributed by atoms with van der Waals surface area (Å²) in [4.78, 5) is 4.50. The van der Waals surface area contributed by atoms with Gasteiger partial charge >= 0.3 is 15.5 Å². The van der Waals surface area contributed by atoms with E-state index in [-0.39, 0.29) is 19.0 Å². The molecule has 0 aromatic heterocycles. The molecule has 1 unspecified atom stereocenters. The number of ether oxygens (including phenoxy) is 1. The second-order valence-electron chi connectivity index (χ2n) is 6.86. The molecule has 11 heteroatoms. The number of halogens is 3. The van der Waals surface area contributed by atoms with Gasteiger partial charge < -0.3 is 15.4 Å². The van der Waals surface area contributed by atoms with Gasteiger partial charge in [0.15, 0.2) is 5.96 Å². The number of rotatable bonds is 7. The van der Waals surface area contributed by atoms with Gasteiger partial charge in [-0.05, 0) is 44.9 Å². The molecule has 0 bridgehead atoms. The van der Waals surface area contributed by atoms with E-state index in [9.17, 15) is 21.6 Å². The Labute approximate surface area is 158 Å². The fraction of sp³-hybridized carbons (Fsp3) is 0.938. The quantitative estimate of drug-likeness (QED) is 0.489. The Kier molecular flexibility index (Phi) is 8.17. The van der Waals surface area contributed by atoms with E-state index in [0.29, 0.717) is 42.3 Å². The molecule has 2 heterocycles. The zero-order valence-corrected chi connectivity index (χ0v) is 16.4. The van der Waals surface area contributed by atoms with Gasteiger partial charge in [0.05, 0.1) is 6.10 Å². The van der Waals surface area contributed by atoms with E-state index in [1.54, 1.807) is 0 Å². The first-order chi connectivity index (χ1) is 12.7. The Bertz CT molecular complexity index is 584. The van der Waals surface area contributed by atoms with Gasteiger partial charge in [-0.1, -0.05) is 0 Å². The van der Waals surface area contributed by atoms with Gasteiger partial charge in [0.25, 0.3) is 0 Å². The summed E-state index contributed by atoms with van der Waals surface area (Å²) in [7, 11) is -5.22. The SMILES string of the molecule is CCNC(=NCC1CCN(S(=O)(=O)C(F)(F)F)CC1)NCCC1CCCO1. The predicted molar refractivity (Wildman–Crippen MR) is 96.8 cm³/mol. The molecule has 158 valence electrons. The zero-order valence-electron chi connectivity index (χ0n) is 15.6. The molecule has 1 atom stereocenters. The van der Waals surface area contributed by atoms with Crippen molar-refractivity contribution < 1.29 is 26.3 Å². The molecule has 0 aliphatic carbocycles. The highest BCUT2D eigenvalue weighted by Gasteiger charge is 2.50. The molecule has 2 rings (SSSR count). The lowest BCUT2D eigenvalue weighted by molar-refractivity contribution is -0.0496. The third-order valence-electron chi connectivity index (χ3n) is 4.84. The Balaban J connectivity index is 1.77. The van der Waals surface area contributed by atoms with Crippen molar-refractivity contribution in [3.05, 3.63) is 0 Å². The molecule has 0 aromatic carbocycles. The molecule has 2 N–H and O–H groups in total. The van der Waals surface area contributed by atoms with Crippen LogP contribution in [0.2, 0.25) is 0 Å². The lowest BCUT2D eigenvalue weighted by Crippen LogP contribution is -2.45. The topological polar surface area (TPSA) is 83.0 Å². The van der Waals surface area contributed by atoms with Crippen molar-refractivity contribution in [2.24, 2.45) is 10.9 Å². The van der Waals surface area contributed by atoms with Crippen LogP contribution in [0.5, 0.6) is 0 Å². The van der Waals surface area contributed by atoms with E-state index < -0.39 is 15.5 Å². The van der Waals surface area contributed by atoms with Crippen molar-refractivity contribution in [3.8, 4) is 0 Å². The summed E-state index contributed by atoms with van der Waals surface area (Å²) >= 11 is 0. The van der Waals surface area contributed by atoms with Crippen molar-refractivity contribution in [1.82, 2.24) is 14.9 Å². The summed E-state index contributed by atoms with van der Waals surface area (Å²) in [5.41, 5.74) is -5.23. The van der Waals surface area contributed by atoms with E-state index in [2.05, 4.69) is 15.6 Å². The lowest BCUT2D eigenvalue weighted by atomic mass is 9.98. The number of sulfonamides is 1. The van der Waals surface area contributed by atoms with Crippen LogP contribution in [0.1, 0.15) is 39.0 Å². The van der Waals surface area contributed by atoms with Crippen molar-refractivity contribution in [2.75, 3.05) is 39.3 Å². The fourth-order valence-corrected chi connectivity index (χ4v) is 4.25. The van der Waals surface area contributed by atoms with Gasteiger partial charge in [0.2, 0.25) is 0 Å². The molecule has 27 heavy (non-hydrogen) atoms. The molecule has 2 aliphatic heterocycles. The largest absolute Gasteiger partial charge is 0.511 e. The van der Waals surface area contributed by atoms with E-state index in [4.69, 9.17) is 4.74 Å². The summed E-state index contributed by atoms with van der Waals surface area (Å²) in [6.07, 6.45) is 4.11. The van der Waals surface area contributed by atoms with Gasteiger partial charge in [-0.2, -0.15) is 17.5 Å². The summed E-state index contributed by atoms with van der Waals surface area (Å²) in [5, 5.41) is 6.39. The number of hydrogen-bond acceptors (Lipinski definition) is 4. The van der Waals surface area contributed by atoms with Crippen molar-refractivity contribution in [2.45, 2.75) is 50.6 Å². The molecule has 2 saturated heterocycles. The smallest absolute Gasteiger partial charge is 0.378 e. The fourth-order valence-electron chi connectivity index (χ4n) is 3.26. The minimum atomic E-state index is -5.23. The number of piperidine rings is 1. The highest BCUT2D eigenvalue weighted by Crippen LogP contribution is 2.30. The summed E-state index contributed by atoms with van der Waals surface area (Å²) in [6.45, 7) is 4.43. The van der Waals surface area contributed by atoms with Crippen LogP contribution in [-0.2, 0) is 14.8 Å². The molecule has 0 amide bonds. The maximum absolute atomic E-state index is 12.6. The molecule has 0 radical (unpaired) electrons. The molecule has 0 saturated carbocycles. The Morgan fingerprint density at radius 3 is 2.48 bits per heavy atom. The second kappa shape index (κ2) is 9.92. The van der Waals surface area contributed by atoms with Crippen LogP contribution < -0.4 is 10.6 Å². The third-order valence-corrected chi connectivity index (χ3v) is 6.47. The maximum atomic E-state index is 12.6. The normalized spacial score (nSPS) is 23.6. The number of guanidine groups is 1. The Morgan fingerprint density at radius 2 is 1.93 bits per heavy atom. The van der Waals surface area contributed by atoms with Crippen molar-refractivity contribution >= 4 is 16.0 Å². The Morgan fingerprint density at radius 1 is 1.22 bits per heavy atom. The van der Waals surface area contributed by atoms with Gasteiger partial charge in [-0.25, -0.2) is 8.42 Å². The van der Waals surface area contributed by atoms with E-state index in [1.165, 1.54) is 0 Å². The highest BCUT2D eigenvalue weighted by molar-refractivity contribution is 7.90. The first kappa shape index (κ1) is 22.2. The van der Waals surface area contributed by atoms with Gasteiger partial charge in [0, 0.05) is 39.3 Å². The minimum Gasteiger partial charge on any atom is -0.378 e. The van der Waals surface area contributed by atoms with E-state index in [0.717, 1.165) is 32.4 Å². The molecule has 7 nitrogen and oxygen atoms in total. The summed E-state index contributed by atoms with van der Waals surface area (Å²) in [6, 6.07) is 0. The average Bonchev–Trinajstić information content (AvgIpc) is 3.12. The standard InChI is InChI=1S/C16H29F3N4O3S/c1-2-20-15(21-8-5-14-4-3-11-26-14)22-12-13-6-9-23(10-7-13)27(24,25)16(17,18)19/h13-14H,2-12H2,1H3,(H2,20,21,22). The summed E-state index contributed by atoms with van der Waals surface area (Å²) in [5.74, 6) is 0.735. The summed E-state index contributed by atoms with van der Waals surface area (Å²) < 4.78 is 66.8. The van der Waals surface area contributed by atoms with Crippen LogP contribution in [-0.4, -0.2) is 69.6 Å². The van der Waals surface area contributed by atoms with Crippen LogP contribution in [0.25, 0.3) is 0 Å². The second-order valence-corrected chi connectivity index (χ2v) is 8.79. The monoisotopic (exact) mass is 414 g/mol. The van der Waals surface area contributed by atoms with Crippen LogP contribution in [0.15, 0.2) is 4.99 Å². The van der Waals surface area contributed by atoms with E-state index >= 15 is 0 Å². The lowest BCUT2D eigenvalue weighted by Gasteiger charge is -2.30.